The molecule has 0 radical (unpaired) electrons. The Balaban J connectivity index is 1.75. The van der Waals surface area contributed by atoms with Gasteiger partial charge in [-0.2, -0.15) is 0 Å². The van der Waals surface area contributed by atoms with Crippen LogP contribution in [0.3, 0.4) is 0 Å². The average molecular weight is 461 g/mol. The molecule has 7 nitrogen and oxygen atoms in total. The van der Waals surface area contributed by atoms with Gasteiger partial charge in [0, 0.05) is 29.3 Å². The number of anilines is 1. The molecule has 0 spiro atoms. The number of nitrogens with zero attached hydrogens (tertiary/aromatic N) is 2. The van der Waals surface area contributed by atoms with Crippen LogP contribution in [0.2, 0.25) is 0 Å². The molecule has 2 aromatic carbocycles. The minimum absolute atomic E-state index is 0.0668. The first-order valence-electron chi connectivity index (χ1n) is 9.84. The fourth-order valence-electron chi connectivity index (χ4n) is 3.57. The smallest absolute Gasteiger partial charge is 0.266 e. The van der Waals surface area contributed by atoms with E-state index >= 15 is 0 Å². The monoisotopic (exact) mass is 460 g/mol. The van der Waals surface area contributed by atoms with Crippen LogP contribution in [0, 0.1) is 0 Å². The van der Waals surface area contributed by atoms with Crippen molar-refractivity contribution in [3.8, 4) is 17.2 Å². The minimum Gasteiger partial charge on any atom is -0.497 e. The number of thiazole rings is 1. The zero-order valence-corrected chi connectivity index (χ0v) is 19.2. The van der Waals surface area contributed by atoms with Crippen molar-refractivity contribution in [3.63, 3.8) is 0 Å². The molecule has 1 unspecified atom stereocenters. The third kappa shape index (κ3) is 4.20. The van der Waals surface area contributed by atoms with Crippen LogP contribution in [0.4, 0.5) is 5.13 Å². The molecule has 31 heavy (non-hydrogen) atoms. The zero-order chi connectivity index (χ0) is 22.0. The summed E-state index contributed by atoms with van der Waals surface area (Å²) >= 11 is 1.26. The molecule has 0 saturated heterocycles. The molecule has 4 rings (SSSR count). The number of sulfonamides is 1. The van der Waals surface area contributed by atoms with Gasteiger partial charge in [0.1, 0.15) is 17.2 Å². The first-order chi connectivity index (χ1) is 14.9. The van der Waals surface area contributed by atoms with Crippen LogP contribution in [-0.4, -0.2) is 34.2 Å². The van der Waals surface area contributed by atoms with Crippen molar-refractivity contribution >= 4 is 26.5 Å². The molecular formula is C22H24N2O5S2. The van der Waals surface area contributed by atoms with Gasteiger partial charge in [0.05, 0.1) is 32.3 Å². The van der Waals surface area contributed by atoms with Crippen molar-refractivity contribution < 1.29 is 22.6 Å². The van der Waals surface area contributed by atoms with Crippen molar-refractivity contribution in [1.82, 2.24) is 4.98 Å². The number of ether oxygens (including phenoxy) is 3. The first-order valence-corrected chi connectivity index (χ1v) is 12.2. The highest BCUT2D eigenvalue weighted by molar-refractivity contribution is 7.93. The molecular weight excluding hydrogens is 436 g/mol. The minimum atomic E-state index is -3.90. The number of hydrogen-bond acceptors (Lipinski definition) is 7. The van der Waals surface area contributed by atoms with Gasteiger partial charge >= 0.3 is 0 Å². The van der Waals surface area contributed by atoms with E-state index in [-0.39, 0.29) is 11.4 Å². The van der Waals surface area contributed by atoms with E-state index in [0.717, 1.165) is 12.0 Å². The molecule has 164 valence electrons. The predicted molar refractivity (Wildman–Crippen MR) is 120 cm³/mol. The topological polar surface area (TPSA) is 78.0 Å². The third-order valence-electron chi connectivity index (χ3n) is 5.35. The van der Waals surface area contributed by atoms with Crippen molar-refractivity contribution in [2.75, 3.05) is 25.1 Å². The standard InChI is InChI=1S/C22H24N2O5S2/c1-15-8-10-29-21-13-18(6-7-19(15)21)31(25,26)24(22-23-9-11-30-22)14-16-4-5-17(27-2)12-20(16)28-3/h4-7,9,11-13,15H,8,10,14H2,1-3H3. The van der Waals surface area contributed by atoms with Gasteiger partial charge in [0.15, 0.2) is 5.13 Å². The van der Waals surface area contributed by atoms with E-state index in [9.17, 15) is 8.42 Å². The van der Waals surface area contributed by atoms with Crippen LogP contribution in [0.5, 0.6) is 17.2 Å². The Kier molecular flexibility index (Phi) is 6.06. The van der Waals surface area contributed by atoms with Crippen LogP contribution in [0.1, 0.15) is 30.4 Å². The molecule has 0 amide bonds. The Hall–Kier alpha value is -2.78. The lowest BCUT2D eigenvalue weighted by molar-refractivity contribution is 0.271. The molecule has 0 N–H and O–H groups in total. The van der Waals surface area contributed by atoms with Gasteiger partial charge in [-0.1, -0.05) is 13.0 Å². The molecule has 2 heterocycles. The highest BCUT2D eigenvalue weighted by Crippen LogP contribution is 2.37. The van der Waals surface area contributed by atoms with Crippen molar-refractivity contribution in [3.05, 3.63) is 59.1 Å². The lowest BCUT2D eigenvalue weighted by Crippen LogP contribution is -2.31. The highest BCUT2D eigenvalue weighted by atomic mass is 32.2. The van der Waals surface area contributed by atoms with E-state index in [1.54, 1.807) is 56.1 Å². The van der Waals surface area contributed by atoms with Crippen molar-refractivity contribution in [2.45, 2.75) is 30.7 Å². The number of benzene rings is 2. The van der Waals surface area contributed by atoms with E-state index in [1.165, 1.54) is 15.6 Å². The van der Waals surface area contributed by atoms with Gasteiger partial charge in [0.25, 0.3) is 10.0 Å². The summed E-state index contributed by atoms with van der Waals surface area (Å²) < 4.78 is 45.2. The number of rotatable bonds is 7. The Morgan fingerprint density at radius 2 is 2.03 bits per heavy atom. The normalized spacial score (nSPS) is 15.6. The zero-order valence-electron chi connectivity index (χ0n) is 17.6. The summed E-state index contributed by atoms with van der Waals surface area (Å²) in [5.41, 5.74) is 1.73. The van der Waals surface area contributed by atoms with Crippen LogP contribution >= 0.6 is 11.3 Å². The Labute approximate surface area is 186 Å². The van der Waals surface area contributed by atoms with Gasteiger partial charge in [0.2, 0.25) is 0 Å². The summed E-state index contributed by atoms with van der Waals surface area (Å²) in [6, 6.07) is 10.4. The van der Waals surface area contributed by atoms with Crippen LogP contribution in [0.15, 0.2) is 52.9 Å². The second kappa shape index (κ2) is 8.76. The van der Waals surface area contributed by atoms with Gasteiger partial charge in [-0.25, -0.2) is 17.7 Å². The van der Waals surface area contributed by atoms with E-state index in [0.29, 0.717) is 40.5 Å². The quantitative estimate of drug-likeness (QED) is 0.519. The summed E-state index contributed by atoms with van der Waals surface area (Å²) in [5.74, 6) is 2.13. The summed E-state index contributed by atoms with van der Waals surface area (Å²) in [7, 11) is -0.786. The number of fused-ring (bicyclic) bond motifs is 1. The van der Waals surface area contributed by atoms with Gasteiger partial charge in [-0.15, -0.1) is 11.3 Å². The molecule has 0 aliphatic carbocycles. The third-order valence-corrected chi connectivity index (χ3v) is 8.00. The predicted octanol–water partition coefficient (Wildman–Crippen LogP) is 4.44. The second-order valence-electron chi connectivity index (χ2n) is 7.24. The SMILES string of the molecule is COc1ccc(CN(c2nccs2)S(=O)(=O)c2ccc3c(c2)OCCC3C)c(OC)c1. The first kappa shape index (κ1) is 21.5. The number of hydrogen-bond donors (Lipinski definition) is 0. The summed E-state index contributed by atoms with van der Waals surface area (Å²) in [6.07, 6.45) is 2.51. The molecule has 3 aromatic rings. The van der Waals surface area contributed by atoms with E-state index in [4.69, 9.17) is 14.2 Å². The maximum Gasteiger partial charge on any atom is 0.266 e. The molecule has 1 aliphatic rings. The maximum absolute atomic E-state index is 13.7. The molecule has 0 saturated carbocycles. The van der Waals surface area contributed by atoms with E-state index in [1.807, 2.05) is 6.07 Å². The molecule has 9 heteroatoms. The summed E-state index contributed by atoms with van der Waals surface area (Å²) in [4.78, 5) is 4.43. The molecule has 1 aromatic heterocycles. The lowest BCUT2D eigenvalue weighted by atomic mass is 9.95. The van der Waals surface area contributed by atoms with Crippen LogP contribution in [-0.2, 0) is 16.6 Å². The largest absolute Gasteiger partial charge is 0.497 e. The Morgan fingerprint density at radius 1 is 1.19 bits per heavy atom. The Bertz CT molecular complexity index is 1160. The summed E-state index contributed by atoms with van der Waals surface area (Å²) in [6.45, 7) is 2.77. The van der Waals surface area contributed by atoms with E-state index in [2.05, 4.69) is 11.9 Å². The van der Waals surface area contributed by atoms with Crippen molar-refractivity contribution in [1.29, 1.82) is 0 Å². The average Bonchev–Trinajstić information content (AvgIpc) is 3.31. The Morgan fingerprint density at radius 3 is 2.74 bits per heavy atom. The highest BCUT2D eigenvalue weighted by Gasteiger charge is 2.30. The molecule has 1 atom stereocenters. The fraction of sp³-hybridized carbons (Fsp3) is 0.318. The van der Waals surface area contributed by atoms with E-state index < -0.39 is 10.0 Å². The van der Waals surface area contributed by atoms with Gasteiger partial charge < -0.3 is 14.2 Å². The second-order valence-corrected chi connectivity index (χ2v) is 9.98. The number of methoxy groups -OCH3 is 2. The maximum atomic E-state index is 13.7. The van der Waals surface area contributed by atoms with Gasteiger partial charge in [-0.3, -0.25) is 0 Å². The number of aromatic nitrogens is 1. The molecule has 0 fully saturated rings. The molecule has 0 bridgehead atoms. The van der Waals surface area contributed by atoms with Crippen molar-refractivity contribution in [2.24, 2.45) is 0 Å². The van der Waals surface area contributed by atoms with Crippen LogP contribution < -0.4 is 18.5 Å². The van der Waals surface area contributed by atoms with Gasteiger partial charge in [-0.05, 0) is 36.1 Å². The fourth-order valence-corrected chi connectivity index (χ4v) is 5.85. The lowest BCUT2D eigenvalue weighted by Gasteiger charge is -2.26. The molecule has 1 aliphatic heterocycles. The van der Waals surface area contributed by atoms with Crippen LogP contribution in [0.25, 0.3) is 0 Å². The summed E-state index contributed by atoms with van der Waals surface area (Å²) in [5, 5.41) is 2.13.